The molecular weight excluding hydrogens is 360 g/mol. The third-order valence-corrected chi connectivity index (χ3v) is 7.00. The first kappa shape index (κ1) is 17.6. The number of amides is 1. The second-order valence-corrected chi connectivity index (χ2v) is 8.57. The maximum Gasteiger partial charge on any atom is 0.243 e. The molecule has 4 rings (SSSR count). The van der Waals surface area contributed by atoms with Crippen LogP contribution in [-0.2, 0) is 19.6 Å². The van der Waals surface area contributed by atoms with Gasteiger partial charge in [-0.3, -0.25) is 4.79 Å². The number of hydrogen-bond donors (Lipinski definition) is 0. The Balaban J connectivity index is 1.41. The molecule has 1 aromatic rings. The molecule has 26 heavy (non-hydrogen) atoms. The second-order valence-electron chi connectivity index (χ2n) is 6.63. The molecule has 0 saturated carbocycles. The Morgan fingerprint density at radius 3 is 2.42 bits per heavy atom. The average molecular weight is 382 g/mol. The predicted octanol–water partition coefficient (Wildman–Crippen LogP) is 0.675. The van der Waals surface area contributed by atoms with E-state index in [0.717, 1.165) is 0 Å². The summed E-state index contributed by atoms with van der Waals surface area (Å²) in [5.41, 5.74) is 0. The van der Waals surface area contributed by atoms with Crippen LogP contribution in [0.5, 0.6) is 11.5 Å². The van der Waals surface area contributed by atoms with Gasteiger partial charge in [0.25, 0.3) is 0 Å². The first-order valence-corrected chi connectivity index (χ1v) is 10.3. The molecule has 0 N–H and O–H groups in total. The SMILES string of the molecule is O=C(C1CCN(S(=O)(=O)c2ccc3c(c2)OCO3)CC1)N1CCOCC1. The fraction of sp³-hybridized carbons (Fsp3) is 0.588. The molecule has 0 bridgehead atoms. The molecule has 2 fully saturated rings. The van der Waals surface area contributed by atoms with E-state index >= 15 is 0 Å². The molecule has 0 unspecified atom stereocenters. The molecule has 0 spiro atoms. The van der Waals surface area contributed by atoms with Crippen molar-refractivity contribution in [2.24, 2.45) is 5.92 Å². The highest BCUT2D eigenvalue weighted by Crippen LogP contribution is 2.35. The van der Waals surface area contributed by atoms with Crippen LogP contribution in [0.15, 0.2) is 23.1 Å². The lowest BCUT2D eigenvalue weighted by Gasteiger charge is -2.35. The predicted molar refractivity (Wildman–Crippen MR) is 91.4 cm³/mol. The number of rotatable bonds is 3. The average Bonchev–Trinajstić information content (AvgIpc) is 3.16. The summed E-state index contributed by atoms with van der Waals surface area (Å²) in [5.74, 6) is 1.01. The van der Waals surface area contributed by atoms with Crippen molar-refractivity contribution in [3.63, 3.8) is 0 Å². The van der Waals surface area contributed by atoms with Gasteiger partial charge >= 0.3 is 0 Å². The zero-order chi connectivity index (χ0) is 18.1. The Morgan fingerprint density at radius 2 is 1.69 bits per heavy atom. The van der Waals surface area contributed by atoms with Crippen molar-refractivity contribution in [2.75, 3.05) is 46.2 Å². The minimum Gasteiger partial charge on any atom is -0.454 e. The lowest BCUT2D eigenvalue weighted by Crippen LogP contribution is -2.47. The van der Waals surface area contributed by atoms with Gasteiger partial charge in [0.1, 0.15) is 0 Å². The third-order valence-electron chi connectivity index (χ3n) is 5.11. The maximum absolute atomic E-state index is 12.9. The molecule has 0 aliphatic carbocycles. The smallest absolute Gasteiger partial charge is 0.243 e. The molecule has 9 heteroatoms. The highest BCUT2D eigenvalue weighted by molar-refractivity contribution is 7.89. The molecule has 1 amide bonds. The lowest BCUT2D eigenvalue weighted by atomic mass is 9.96. The number of carbonyl (C=O) groups is 1. The van der Waals surface area contributed by atoms with E-state index in [4.69, 9.17) is 14.2 Å². The van der Waals surface area contributed by atoms with Gasteiger partial charge in [-0.25, -0.2) is 8.42 Å². The van der Waals surface area contributed by atoms with Crippen molar-refractivity contribution in [2.45, 2.75) is 17.7 Å². The molecule has 3 heterocycles. The highest BCUT2D eigenvalue weighted by Gasteiger charge is 2.34. The van der Waals surface area contributed by atoms with Gasteiger partial charge < -0.3 is 19.1 Å². The Bertz CT molecular complexity index is 782. The molecule has 0 atom stereocenters. The van der Waals surface area contributed by atoms with Crippen LogP contribution in [0.1, 0.15) is 12.8 Å². The zero-order valence-electron chi connectivity index (χ0n) is 14.4. The maximum atomic E-state index is 12.9. The quantitative estimate of drug-likeness (QED) is 0.764. The summed E-state index contributed by atoms with van der Waals surface area (Å²) in [6.45, 7) is 3.18. The summed E-state index contributed by atoms with van der Waals surface area (Å²) in [5, 5.41) is 0. The van der Waals surface area contributed by atoms with E-state index in [1.807, 2.05) is 4.90 Å². The van der Waals surface area contributed by atoms with Crippen molar-refractivity contribution in [1.82, 2.24) is 9.21 Å². The van der Waals surface area contributed by atoms with Crippen LogP contribution in [0, 0.1) is 5.92 Å². The standard InChI is InChI=1S/C17H22N2O6S/c20-17(18-7-9-23-10-8-18)13-3-5-19(6-4-13)26(21,22)14-1-2-15-16(11-14)25-12-24-15/h1-2,11,13H,3-10,12H2. The second kappa shape index (κ2) is 7.05. The van der Waals surface area contributed by atoms with Gasteiger partial charge in [0.05, 0.1) is 18.1 Å². The zero-order valence-corrected chi connectivity index (χ0v) is 15.2. The van der Waals surface area contributed by atoms with Crippen LogP contribution in [0.25, 0.3) is 0 Å². The van der Waals surface area contributed by atoms with Crippen LogP contribution in [0.4, 0.5) is 0 Å². The van der Waals surface area contributed by atoms with E-state index in [9.17, 15) is 13.2 Å². The van der Waals surface area contributed by atoms with Gasteiger partial charge in [-0.05, 0) is 25.0 Å². The Labute approximate surface area is 152 Å². The summed E-state index contributed by atoms with van der Waals surface area (Å²) in [4.78, 5) is 14.6. The number of nitrogens with zero attached hydrogens (tertiary/aromatic N) is 2. The molecule has 3 aliphatic rings. The molecule has 8 nitrogen and oxygen atoms in total. The highest BCUT2D eigenvalue weighted by atomic mass is 32.2. The van der Waals surface area contributed by atoms with Crippen LogP contribution < -0.4 is 9.47 Å². The summed E-state index contributed by atoms with van der Waals surface area (Å²) < 4.78 is 43.0. The number of ether oxygens (including phenoxy) is 3. The Hall–Kier alpha value is -1.84. The first-order chi connectivity index (χ1) is 12.6. The molecule has 2 saturated heterocycles. The minimum absolute atomic E-state index is 0.105. The lowest BCUT2D eigenvalue weighted by molar-refractivity contribution is -0.140. The van der Waals surface area contributed by atoms with E-state index in [1.54, 1.807) is 6.07 Å². The van der Waals surface area contributed by atoms with Crippen molar-refractivity contribution >= 4 is 15.9 Å². The van der Waals surface area contributed by atoms with Gasteiger partial charge in [-0.2, -0.15) is 4.31 Å². The number of fused-ring (bicyclic) bond motifs is 1. The van der Waals surface area contributed by atoms with Gasteiger partial charge in [-0.1, -0.05) is 0 Å². The van der Waals surface area contributed by atoms with Crippen molar-refractivity contribution in [3.05, 3.63) is 18.2 Å². The van der Waals surface area contributed by atoms with E-state index in [2.05, 4.69) is 0 Å². The topological polar surface area (TPSA) is 85.4 Å². The van der Waals surface area contributed by atoms with Crippen molar-refractivity contribution in [1.29, 1.82) is 0 Å². The van der Waals surface area contributed by atoms with Crippen molar-refractivity contribution < 1.29 is 27.4 Å². The van der Waals surface area contributed by atoms with Crippen LogP contribution in [0.2, 0.25) is 0 Å². The Kier molecular flexibility index (Phi) is 4.76. The minimum atomic E-state index is -3.60. The first-order valence-electron chi connectivity index (χ1n) is 8.82. The number of morpholine rings is 1. The van der Waals surface area contributed by atoms with Gasteiger partial charge in [0, 0.05) is 38.2 Å². The monoisotopic (exact) mass is 382 g/mol. The number of carbonyl (C=O) groups excluding carboxylic acids is 1. The summed E-state index contributed by atoms with van der Waals surface area (Å²) in [6.07, 6.45) is 1.08. The van der Waals surface area contributed by atoms with E-state index < -0.39 is 10.0 Å². The van der Waals surface area contributed by atoms with Gasteiger partial charge in [-0.15, -0.1) is 0 Å². The van der Waals surface area contributed by atoms with Gasteiger partial charge in [0.2, 0.25) is 22.7 Å². The largest absolute Gasteiger partial charge is 0.454 e. The van der Waals surface area contributed by atoms with Crippen LogP contribution in [0.3, 0.4) is 0 Å². The third kappa shape index (κ3) is 3.26. The molecule has 3 aliphatic heterocycles. The van der Waals surface area contributed by atoms with Crippen LogP contribution >= 0.6 is 0 Å². The molecular formula is C17H22N2O6S. The molecule has 0 radical (unpaired) electrons. The van der Waals surface area contributed by atoms with E-state index in [0.29, 0.717) is 63.7 Å². The number of hydrogen-bond acceptors (Lipinski definition) is 6. The van der Waals surface area contributed by atoms with E-state index in [1.165, 1.54) is 16.4 Å². The van der Waals surface area contributed by atoms with Crippen molar-refractivity contribution in [3.8, 4) is 11.5 Å². The summed E-state index contributed by atoms with van der Waals surface area (Å²) >= 11 is 0. The molecule has 1 aromatic carbocycles. The fourth-order valence-corrected chi connectivity index (χ4v) is 5.06. The molecule has 0 aromatic heterocycles. The van der Waals surface area contributed by atoms with Crippen LogP contribution in [-0.4, -0.2) is 69.7 Å². The fourth-order valence-electron chi connectivity index (χ4n) is 3.57. The van der Waals surface area contributed by atoms with Gasteiger partial charge in [0.15, 0.2) is 11.5 Å². The normalized spacial score (nSPS) is 21.8. The summed E-state index contributed by atoms with van der Waals surface area (Å²) in [6, 6.07) is 4.65. The van der Waals surface area contributed by atoms with E-state index in [-0.39, 0.29) is 23.5 Å². The summed E-state index contributed by atoms with van der Waals surface area (Å²) in [7, 11) is -3.60. The number of benzene rings is 1. The number of piperidine rings is 1. The Morgan fingerprint density at radius 1 is 1.00 bits per heavy atom. The number of sulfonamides is 1. The molecule has 142 valence electrons.